The first kappa shape index (κ1) is 33.8. The molecule has 2 aromatic carbocycles. The molecule has 13 heteroatoms. The molecule has 1 aromatic heterocycles. The lowest BCUT2D eigenvalue weighted by Gasteiger charge is -2.38. The van der Waals surface area contributed by atoms with Crippen LogP contribution >= 0.6 is 11.6 Å². The Hall–Kier alpha value is -3.58. The molecule has 1 saturated heterocycles. The standard InChI is InChI=1S/C33H39ClFN5O5S/c1-32(2,3)46(44,45)39-33(15-14-21-6-7-21,23-5-4-16-36-19-23)22-8-13-27(35)28(17-22)38-30(42)29-18-26(41)20-40(29)31(43)37-25-11-9-24(34)10-12-25/h4-5,8-13,16-17,19,21,26,29,39,41H,6-7,14-15,18,20H2,1-3H3,(H,37,43)(H,38,42)/t26-,29-,33?/m1/s1. The number of rotatable bonds is 10. The van der Waals surface area contributed by atoms with E-state index < -0.39 is 50.2 Å². The number of likely N-dealkylation sites (tertiary alicyclic amines) is 1. The molecule has 2 heterocycles. The monoisotopic (exact) mass is 671 g/mol. The number of urea groups is 1. The molecule has 1 aliphatic heterocycles. The van der Waals surface area contributed by atoms with Crippen molar-refractivity contribution in [2.75, 3.05) is 17.2 Å². The number of nitrogens with zero attached hydrogens (tertiary/aromatic N) is 2. The molecule has 2 aliphatic rings. The van der Waals surface area contributed by atoms with Gasteiger partial charge >= 0.3 is 6.03 Å². The summed E-state index contributed by atoms with van der Waals surface area (Å²) < 4.78 is 44.6. The van der Waals surface area contributed by atoms with Gasteiger partial charge in [-0.2, -0.15) is 4.72 Å². The van der Waals surface area contributed by atoms with Crippen LogP contribution in [-0.2, 0) is 20.4 Å². The lowest BCUT2D eigenvalue weighted by Crippen LogP contribution is -2.52. The van der Waals surface area contributed by atoms with E-state index in [1.807, 2.05) is 0 Å². The first-order valence-electron chi connectivity index (χ1n) is 15.2. The molecule has 46 heavy (non-hydrogen) atoms. The number of carbonyl (C=O) groups excluding carboxylic acids is 2. The number of aromatic nitrogens is 1. The van der Waals surface area contributed by atoms with E-state index in [1.54, 1.807) is 69.6 Å². The van der Waals surface area contributed by atoms with Gasteiger partial charge in [-0.05, 0) is 93.1 Å². The number of sulfonamides is 1. The van der Waals surface area contributed by atoms with Gasteiger partial charge in [-0.1, -0.05) is 36.6 Å². The lowest BCUT2D eigenvalue weighted by atomic mass is 9.80. The minimum Gasteiger partial charge on any atom is -0.391 e. The van der Waals surface area contributed by atoms with Crippen molar-refractivity contribution in [3.05, 3.63) is 89.0 Å². The predicted molar refractivity (Wildman–Crippen MR) is 175 cm³/mol. The van der Waals surface area contributed by atoms with E-state index in [4.69, 9.17) is 11.6 Å². The maximum Gasteiger partial charge on any atom is 0.322 e. The van der Waals surface area contributed by atoms with Crippen molar-refractivity contribution in [1.82, 2.24) is 14.6 Å². The summed E-state index contributed by atoms with van der Waals surface area (Å²) in [4.78, 5) is 32.2. The van der Waals surface area contributed by atoms with Crippen LogP contribution in [0.1, 0.15) is 64.0 Å². The highest BCUT2D eigenvalue weighted by Gasteiger charge is 2.44. The Labute approximate surface area is 273 Å². The summed E-state index contributed by atoms with van der Waals surface area (Å²) in [5.41, 5.74) is -0.0452. The zero-order chi connectivity index (χ0) is 33.3. The number of nitrogens with one attached hydrogen (secondary N) is 3. The number of pyridine rings is 1. The molecule has 0 bridgehead atoms. The van der Waals surface area contributed by atoms with Gasteiger partial charge in [-0.15, -0.1) is 0 Å². The van der Waals surface area contributed by atoms with Crippen molar-refractivity contribution < 1.29 is 27.5 Å². The second-order valence-electron chi connectivity index (χ2n) is 13.0. The zero-order valence-electron chi connectivity index (χ0n) is 26.0. The number of aliphatic hydroxyl groups is 1. The highest BCUT2D eigenvalue weighted by Crippen LogP contribution is 2.43. The van der Waals surface area contributed by atoms with E-state index in [9.17, 15) is 23.1 Å². The molecule has 5 rings (SSSR count). The number of β-amino-alcohol motifs (C(OH)–C–C–N with tert-alkyl or cyclic N) is 1. The fourth-order valence-electron chi connectivity index (χ4n) is 5.57. The summed E-state index contributed by atoms with van der Waals surface area (Å²) in [6.07, 6.45) is 5.38. The molecule has 1 aliphatic carbocycles. The van der Waals surface area contributed by atoms with Gasteiger partial charge in [0.15, 0.2) is 0 Å². The van der Waals surface area contributed by atoms with E-state index in [0.29, 0.717) is 34.2 Å². The Bertz CT molecular complexity index is 1680. The van der Waals surface area contributed by atoms with Crippen LogP contribution in [0.4, 0.5) is 20.6 Å². The molecule has 1 unspecified atom stereocenters. The van der Waals surface area contributed by atoms with Crippen LogP contribution in [0, 0.1) is 11.7 Å². The normalized spacial score (nSPS) is 19.8. The Kier molecular flexibility index (Phi) is 9.74. The third-order valence-corrected chi connectivity index (χ3v) is 11.0. The molecule has 0 radical (unpaired) electrons. The molecule has 2 fully saturated rings. The van der Waals surface area contributed by atoms with Crippen molar-refractivity contribution in [1.29, 1.82) is 0 Å². The van der Waals surface area contributed by atoms with E-state index in [0.717, 1.165) is 19.3 Å². The maximum atomic E-state index is 15.4. The van der Waals surface area contributed by atoms with E-state index in [-0.39, 0.29) is 18.7 Å². The van der Waals surface area contributed by atoms with Crippen LogP contribution in [-0.4, -0.2) is 58.8 Å². The van der Waals surface area contributed by atoms with Gasteiger partial charge in [0, 0.05) is 36.1 Å². The van der Waals surface area contributed by atoms with Crippen molar-refractivity contribution in [2.45, 2.75) is 75.3 Å². The number of amides is 3. The lowest BCUT2D eigenvalue weighted by molar-refractivity contribution is -0.119. The Balaban J connectivity index is 1.48. The number of carbonyl (C=O) groups is 2. The summed E-state index contributed by atoms with van der Waals surface area (Å²) in [5, 5.41) is 16.2. The quantitative estimate of drug-likeness (QED) is 0.220. The topological polar surface area (TPSA) is 141 Å². The second-order valence-corrected chi connectivity index (χ2v) is 15.9. The van der Waals surface area contributed by atoms with Crippen molar-refractivity contribution in [3.8, 4) is 0 Å². The fraction of sp³-hybridized carbons (Fsp3) is 0.424. The zero-order valence-corrected chi connectivity index (χ0v) is 27.5. The molecule has 1 saturated carbocycles. The Morgan fingerprint density at radius 1 is 1.07 bits per heavy atom. The average molecular weight is 672 g/mol. The number of benzene rings is 2. The minimum atomic E-state index is -3.93. The third kappa shape index (κ3) is 7.52. The third-order valence-electron chi connectivity index (χ3n) is 8.55. The van der Waals surface area contributed by atoms with Gasteiger partial charge < -0.3 is 20.6 Å². The van der Waals surface area contributed by atoms with E-state index >= 15 is 4.39 Å². The van der Waals surface area contributed by atoms with Crippen LogP contribution < -0.4 is 15.4 Å². The number of hydrogen-bond acceptors (Lipinski definition) is 6. The van der Waals surface area contributed by atoms with Crippen LogP contribution in [0.3, 0.4) is 0 Å². The number of halogens is 2. The van der Waals surface area contributed by atoms with Crippen molar-refractivity contribution in [2.24, 2.45) is 5.92 Å². The van der Waals surface area contributed by atoms with Gasteiger partial charge in [0.2, 0.25) is 15.9 Å². The summed E-state index contributed by atoms with van der Waals surface area (Å²) in [6.45, 7) is 4.71. The smallest absolute Gasteiger partial charge is 0.322 e. The largest absolute Gasteiger partial charge is 0.391 e. The predicted octanol–water partition coefficient (Wildman–Crippen LogP) is 5.63. The highest BCUT2D eigenvalue weighted by molar-refractivity contribution is 7.90. The van der Waals surface area contributed by atoms with Crippen LogP contribution in [0.2, 0.25) is 5.02 Å². The molecule has 4 N–H and O–H groups in total. The molecule has 3 aromatic rings. The van der Waals surface area contributed by atoms with Crippen LogP contribution in [0.5, 0.6) is 0 Å². The number of aliphatic hydroxyl groups excluding tert-OH is 1. The van der Waals surface area contributed by atoms with Crippen LogP contribution in [0.25, 0.3) is 0 Å². The fourth-order valence-corrected chi connectivity index (χ4v) is 6.80. The Morgan fingerprint density at radius 3 is 2.41 bits per heavy atom. The summed E-state index contributed by atoms with van der Waals surface area (Å²) in [6, 6.07) is 12.3. The summed E-state index contributed by atoms with van der Waals surface area (Å²) in [7, 11) is -3.93. The van der Waals surface area contributed by atoms with E-state index in [2.05, 4.69) is 20.3 Å². The first-order valence-corrected chi connectivity index (χ1v) is 17.1. The average Bonchev–Trinajstić information content (AvgIpc) is 3.75. The molecule has 3 amide bonds. The van der Waals surface area contributed by atoms with Gasteiger partial charge in [0.25, 0.3) is 0 Å². The minimum absolute atomic E-state index is 0.0480. The molecular formula is C33H39ClFN5O5S. The summed E-state index contributed by atoms with van der Waals surface area (Å²) >= 11 is 5.93. The number of anilines is 2. The molecular weight excluding hydrogens is 633 g/mol. The van der Waals surface area contributed by atoms with Gasteiger partial charge in [-0.25, -0.2) is 17.6 Å². The van der Waals surface area contributed by atoms with Crippen molar-refractivity contribution in [3.63, 3.8) is 0 Å². The SMILES string of the molecule is CC(C)(C)S(=O)(=O)NC(CCC1CC1)(c1cccnc1)c1ccc(F)c(NC(=O)[C@H]2C[C@@H](O)CN2C(=O)Nc2ccc(Cl)cc2)c1. The Morgan fingerprint density at radius 2 is 1.78 bits per heavy atom. The van der Waals surface area contributed by atoms with Crippen molar-refractivity contribution >= 4 is 44.9 Å². The molecule has 246 valence electrons. The maximum absolute atomic E-state index is 15.4. The van der Waals surface area contributed by atoms with Gasteiger partial charge in [0.1, 0.15) is 11.9 Å². The van der Waals surface area contributed by atoms with Gasteiger partial charge in [0.05, 0.1) is 22.1 Å². The van der Waals surface area contributed by atoms with E-state index in [1.165, 1.54) is 23.1 Å². The molecule has 10 nitrogen and oxygen atoms in total. The highest BCUT2D eigenvalue weighted by atomic mass is 35.5. The molecule has 0 spiro atoms. The van der Waals surface area contributed by atoms with Crippen LogP contribution in [0.15, 0.2) is 67.0 Å². The summed E-state index contributed by atoms with van der Waals surface area (Å²) in [5.74, 6) is -0.985. The van der Waals surface area contributed by atoms with Gasteiger partial charge in [-0.3, -0.25) is 9.78 Å². The second kappa shape index (κ2) is 13.3. The molecule has 3 atom stereocenters. The first-order chi connectivity index (χ1) is 21.7. The number of hydrogen-bond donors (Lipinski definition) is 4.